The summed E-state index contributed by atoms with van der Waals surface area (Å²) < 4.78 is 17.8. The van der Waals surface area contributed by atoms with Gasteiger partial charge in [-0.3, -0.25) is 0 Å². The molecule has 35 heavy (non-hydrogen) atoms. The number of hydrogen-bond donors (Lipinski definition) is 2. The van der Waals surface area contributed by atoms with E-state index in [0.717, 1.165) is 62.9 Å². The second-order valence-electron chi connectivity index (χ2n) is 11.0. The molecule has 2 unspecified atom stereocenters. The van der Waals surface area contributed by atoms with E-state index in [4.69, 9.17) is 14.2 Å². The highest BCUT2D eigenvalue weighted by molar-refractivity contribution is 5.81. The number of amides is 1. The molecule has 2 fully saturated rings. The number of nitrogens with one attached hydrogen (secondary N) is 1. The summed E-state index contributed by atoms with van der Waals surface area (Å²) in [6.45, 7) is 9.21. The summed E-state index contributed by atoms with van der Waals surface area (Å²) >= 11 is 0. The van der Waals surface area contributed by atoms with Crippen molar-refractivity contribution in [3.05, 3.63) is 29.8 Å². The van der Waals surface area contributed by atoms with E-state index in [-0.39, 0.29) is 6.10 Å². The van der Waals surface area contributed by atoms with Gasteiger partial charge in [0.2, 0.25) is 0 Å². The van der Waals surface area contributed by atoms with Crippen molar-refractivity contribution < 1.29 is 28.9 Å². The SMILES string of the molecule is CC(c1ccc(OC2CCC(OC3CCN(C)CC3)CC2)cc1)C(NC(=O)OC(C)(C)C)C(=O)O. The summed E-state index contributed by atoms with van der Waals surface area (Å²) in [5, 5.41) is 12.1. The molecule has 0 bridgehead atoms. The third-order valence-corrected chi connectivity index (χ3v) is 6.82. The predicted octanol–water partition coefficient (Wildman–Crippen LogP) is 4.57. The molecule has 0 radical (unpaired) electrons. The molecule has 1 aliphatic heterocycles. The first-order valence-electron chi connectivity index (χ1n) is 12.8. The van der Waals surface area contributed by atoms with Crippen molar-refractivity contribution in [2.75, 3.05) is 20.1 Å². The first kappa shape index (κ1) is 27.3. The fraction of sp³-hybridized carbons (Fsp3) is 0.704. The van der Waals surface area contributed by atoms with Gasteiger partial charge in [-0.2, -0.15) is 0 Å². The van der Waals surface area contributed by atoms with E-state index in [1.54, 1.807) is 27.7 Å². The lowest BCUT2D eigenvalue weighted by Crippen LogP contribution is -2.46. The minimum absolute atomic E-state index is 0.163. The smallest absolute Gasteiger partial charge is 0.408 e. The molecule has 196 valence electrons. The Morgan fingerprint density at radius 1 is 0.971 bits per heavy atom. The van der Waals surface area contributed by atoms with E-state index in [9.17, 15) is 14.7 Å². The van der Waals surface area contributed by atoms with E-state index in [1.165, 1.54) is 0 Å². The van der Waals surface area contributed by atoms with Crippen molar-refractivity contribution in [3.63, 3.8) is 0 Å². The van der Waals surface area contributed by atoms with Gasteiger partial charge in [0.15, 0.2) is 0 Å². The average Bonchev–Trinajstić information content (AvgIpc) is 2.79. The molecule has 1 saturated heterocycles. The van der Waals surface area contributed by atoms with Gasteiger partial charge in [-0.15, -0.1) is 0 Å². The Morgan fingerprint density at radius 2 is 1.51 bits per heavy atom. The fourth-order valence-corrected chi connectivity index (χ4v) is 4.75. The summed E-state index contributed by atoms with van der Waals surface area (Å²) in [4.78, 5) is 26.3. The number of piperidine rings is 1. The molecule has 1 aromatic carbocycles. The zero-order valence-electron chi connectivity index (χ0n) is 21.8. The third-order valence-electron chi connectivity index (χ3n) is 6.82. The summed E-state index contributed by atoms with van der Waals surface area (Å²) in [6, 6.07) is 6.37. The molecule has 1 aromatic rings. The molecular formula is C27H42N2O6. The number of rotatable bonds is 8. The number of aliphatic carboxylic acids is 1. The number of alkyl carbamates (subject to hydrolysis) is 1. The van der Waals surface area contributed by atoms with Gasteiger partial charge in [-0.25, -0.2) is 9.59 Å². The number of carbonyl (C=O) groups excluding carboxylic acids is 1. The lowest BCUT2D eigenvalue weighted by atomic mass is 9.93. The van der Waals surface area contributed by atoms with Gasteiger partial charge < -0.3 is 29.5 Å². The maximum atomic E-state index is 12.1. The molecule has 1 amide bonds. The average molecular weight is 491 g/mol. The maximum Gasteiger partial charge on any atom is 0.408 e. The Bertz CT molecular complexity index is 821. The number of ether oxygens (including phenoxy) is 3. The van der Waals surface area contributed by atoms with Crippen LogP contribution in [0.2, 0.25) is 0 Å². The van der Waals surface area contributed by atoms with E-state index in [0.29, 0.717) is 12.2 Å². The van der Waals surface area contributed by atoms with Crippen molar-refractivity contribution >= 4 is 12.1 Å². The van der Waals surface area contributed by atoms with Crippen LogP contribution in [0.25, 0.3) is 0 Å². The zero-order chi connectivity index (χ0) is 25.6. The lowest BCUT2D eigenvalue weighted by molar-refractivity contribution is -0.140. The van der Waals surface area contributed by atoms with Gasteiger partial charge in [-0.05, 0) is 84.0 Å². The van der Waals surface area contributed by atoms with Crippen LogP contribution in [0.5, 0.6) is 5.75 Å². The van der Waals surface area contributed by atoms with Crippen molar-refractivity contribution in [1.29, 1.82) is 0 Å². The molecule has 1 heterocycles. The molecule has 0 aromatic heterocycles. The summed E-state index contributed by atoms with van der Waals surface area (Å²) in [7, 11) is 2.16. The lowest BCUT2D eigenvalue weighted by Gasteiger charge is -2.35. The second kappa shape index (κ2) is 12.1. The van der Waals surface area contributed by atoms with Crippen molar-refractivity contribution in [3.8, 4) is 5.75 Å². The van der Waals surface area contributed by atoms with Crippen molar-refractivity contribution in [1.82, 2.24) is 10.2 Å². The van der Waals surface area contributed by atoms with Crippen LogP contribution in [0, 0.1) is 0 Å². The predicted molar refractivity (Wildman–Crippen MR) is 134 cm³/mol. The standard InChI is InChI=1S/C27H42N2O6/c1-18(24(25(30)31)28-26(32)35-27(2,3)4)19-6-8-20(9-7-19)33-21-10-12-22(13-11-21)34-23-14-16-29(5)17-15-23/h6-9,18,21-24H,10-17H2,1-5H3,(H,28,32)(H,30,31). The highest BCUT2D eigenvalue weighted by Gasteiger charge is 2.30. The Morgan fingerprint density at radius 3 is 2.06 bits per heavy atom. The van der Waals surface area contributed by atoms with Crippen LogP contribution in [0.4, 0.5) is 4.79 Å². The number of carbonyl (C=O) groups is 2. The highest BCUT2D eigenvalue weighted by Crippen LogP contribution is 2.29. The molecule has 8 nitrogen and oxygen atoms in total. The number of nitrogens with zero attached hydrogens (tertiary/aromatic N) is 1. The number of hydrogen-bond acceptors (Lipinski definition) is 6. The number of carboxylic acid groups (broad SMARTS) is 1. The minimum Gasteiger partial charge on any atom is -0.490 e. The van der Waals surface area contributed by atoms with Gasteiger partial charge in [0.05, 0.1) is 18.3 Å². The number of likely N-dealkylation sites (tertiary alicyclic amines) is 1. The Hall–Kier alpha value is -2.32. The molecule has 8 heteroatoms. The number of benzene rings is 1. The molecule has 2 N–H and O–H groups in total. The van der Waals surface area contributed by atoms with Gasteiger partial charge in [0.25, 0.3) is 0 Å². The van der Waals surface area contributed by atoms with Crippen molar-refractivity contribution in [2.45, 2.75) is 102 Å². The normalized spacial score (nSPS) is 23.8. The van der Waals surface area contributed by atoms with Crippen molar-refractivity contribution in [2.24, 2.45) is 0 Å². The van der Waals surface area contributed by atoms with Crippen LogP contribution in [0.15, 0.2) is 24.3 Å². The van der Waals surface area contributed by atoms with Gasteiger partial charge >= 0.3 is 12.1 Å². The van der Waals surface area contributed by atoms with E-state index in [2.05, 4.69) is 17.3 Å². The van der Waals surface area contributed by atoms with E-state index >= 15 is 0 Å². The van der Waals surface area contributed by atoms with Gasteiger partial charge in [0, 0.05) is 19.0 Å². The Labute approximate surface area is 209 Å². The molecule has 2 aliphatic rings. The van der Waals surface area contributed by atoms with Crippen LogP contribution >= 0.6 is 0 Å². The highest BCUT2D eigenvalue weighted by atomic mass is 16.6. The molecule has 2 atom stereocenters. The molecule has 1 saturated carbocycles. The Kier molecular flexibility index (Phi) is 9.41. The molecule has 3 rings (SSSR count). The Balaban J connectivity index is 1.47. The maximum absolute atomic E-state index is 12.1. The third kappa shape index (κ3) is 8.69. The van der Waals surface area contributed by atoms with Crippen LogP contribution in [0.3, 0.4) is 0 Å². The fourth-order valence-electron chi connectivity index (χ4n) is 4.75. The monoisotopic (exact) mass is 490 g/mol. The topological polar surface area (TPSA) is 97.3 Å². The summed E-state index contributed by atoms with van der Waals surface area (Å²) in [5.74, 6) is -0.781. The quantitative estimate of drug-likeness (QED) is 0.551. The van der Waals surface area contributed by atoms with Crippen LogP contribution in [0.1, 0.15) is 77.7 Å². The first-order chi connectivity index (χ1) is 16.5. The van der Waals surface area contributed by atoms with Crippen LogP contribution in [-0.2, 0) is 14.3 Å². The largest absolute Gasteiger partial charge is 0.490 e. The van der Waals surface area contributed by atoms with Crippen LogP contribution < -0.4 is 10.1 Å². The van der Waals surface area contributed by atoms with Gasteiger partial charge in [0.1, 0.15) is 17.4 Å². The minimum atomic E-state index is -1.11. The second-order valence-corrected chi connectivity index (χ2v) is 11.0. The molecular weight excluding hydrogens is 448 g/mol. The number of carboxylic acids is 1. The molecule has 0 spiro atoms. The van der Waals surface area contributed by atoms with Crippen LogP contribution in [-0.4, -0.2) is 72.2 Å². The van der Waals surface area contributed by atoms with E-state index < -0.39 is 29.6 Å². The summed E-state index contributed by atoms with van der Waals surface area (Å²) in [6.07, 6.45) is 6.35. The van der Waals surface area contributed by atoms with E-state index in [1.807, 2.05) is 24.3 Å². The molecule has 1 aliphatic carbocycles. The van der Waals surface area contributed by atoms with Gasteiger partial charge in [-0.1, -0.05) is 19.1 Å². The zero-order valence-corrected chi connectivity index (χ0v) is 21.8. The first-order valence-corrected chi connectivity index (χ1v) is 12.8. The summed E-state index contributed by atoms with van der Waals surface area (Å²) in [5.41, 5.74) is 0.101.